The Labute approximate surface area is 75.4 Å². The molecule has 3 nitrogen and oxygen atoms in total. The van der Waals surface area contributed by atoms with Crippen molar-refractivity contribution in [1.82, 2.24) is 0 Å². The van der Waals surface area contributed by atoms with Gasteiger partial charge in [0.2, 0.25) is 0 Å². The fraction of sp³-hybridized carbons (Fsp3) is 0.125. The van der Waals surface area contributed by atoms with Gasteiger partial charge in [-0.3, -0.25) is 4.79 Å². The van der Waals surface area contributed by atoms with Crippen molar-refractivity contribution in [3.63, 3.8) is 0 Å². The van der Waals surface area contributed by atoms with E-state index in [1.165, 1.54) is 24.3 Å². The molecular weight excluding hydrogens is 195 g/mol. The van der Waals surface area contributed by atoms with Crippen LogP contribution in [-0.4, -0.2) is 14.7 Å². The molecule has 0 aliphatic carbocycles. The SMILES string of the molecule is O=Cc1ccc(CS(=O)(=O)F)cc1. The first-order chi connectivity index (χ1) is 6.01. The lowest BCUT2D eigenvalue weighted by atomic mass is 10.2. The van der Waals surface area contributed by atoms with Crippen LogP contribution in [0.5, 0.6) is 0 Å². The summed E-state index contributed by atoms with van der Waals surface area (Å²) in [5.41, 5.74) is 0.758. The smallest absolute Gasteiger partial charge is 0.298 e. The Kier molecular flexibility index (Phi) is 2.77. The third-order valence-electron chi connectivity index (χ3n) is 1.45. The lowest BCUT2D eigenvalue weighted by Crippen LogP contribution is -1.96. The Morgan fingerprint density at radius 3 is 2.15 bits per heavy atom. The fourth-order valence-electron chi connectivity index (χ4n) is 0.892. The van der Waals surface area contributed by atoms with Crippen molar-refractivity contribution in [3.05, 3.63) is 35.4 Å². The highest BCUT2D eigenvalue weighted by atomic mass is 32.3. The molecule has 0 aromatic heterocycles. The summed E-state index contributed by atoms with van der Waals surface area (Å²) in [5.74, 6) is -0.647. The first-order valence-electron chi connectivity index (χ1n) is 3.48. The largest absolute Gasteiger partial charge is 0.306 e. The number of benzene rings is 1. The zero-order chi connectivity index (χ0) is 9.90. The van der Waals surface area contributed by atoms with Crippen LogP contribution >= 0.6 is 0 Å². The van der Waals surface area contributed by atoms with Crippen LogP contribution in [-0.2, 0) is 16.0 Å². The Morgan fingerprint density at radius 2 is 1.77 bits per heavy atom. The van der Waals surface area contributed by atoms with Gasteiger partial charge >= 0.3 is 10.2 Å². The standard InChI is InChI=1S/C8H7FO3S/c9-13(11,12)6-8-3-1-7(5-10)2-4-8/h1-5H,6H2. The van der Waals surface area contributed by atoms with Gasteiger partial charge in [0.15, 0.2) is 0 Å². The number of rotatable bonds is 3. The Morgan fingerprint density at radius 1 is 1.23 bits per heavy atom. The maximum Gasteiger partial charge on any atom is 0.306 e. The lowest BCUT2D eigenvalue weighted by molar-refractivity contribution is 0.112. The summed E-state index contributed by atoms with van der Waals surface area (Å²) in [4.78, 5) is 10.2. The number of hydrogen-bond acceptors (Lipinski definition) is 3. The first kappa shape index (κ1) is 9.85. The lowest BCUT2D eigenvalue weighted by Gasteiger charge is -1.96. The number of aldehydes is 1. The van der Waals surface area contributed by atoms with Crippen LogP contribution in [0.25, 0.3) is 0 Å². The molecule has 0 aliphatic heterocycles. The topological polar surface area (TPSA) is 51.2 Å². The van der Waals surface area contributed by atoms with Crippen LogP contribution in [0.1, 0.15) is 15.9 Å². The molecule has 0 spiro atoms. The van der Waals surface area contributed by atoms with E-state index < -0.39 is 16.0 Å². The molecule has 5 heteroatoms. The van der Waals surface area contributed by atoms with Gasteiger partial charge < -0.3 is 0 Å². The minimum atomic E-state index is -4.49. The molecule has 1 aromatic rings. The van der Waals surface area contributed by atoms with E-state index >= 15 is 0 Å². The third kappa shape index (κ3) is 3.33. The number of carbonyl (C=O) groups is 1. The Balaban J connectivity index is 2.87. The van der Waals surface area contributed by atoms with Crippen LogP contribution in [0.4, 0.5) is 3.89 Å². The highest BCUT2D eigenvalue weighted by Crippen LogP contribution is 2.08. The zero-order valence-electron chi connectivity index (χ0n) is 6.60. The van der Waals surface area contributed by atoms with Crippen molar-refractivity contribution in [1.29, 1.82) is 0 Å². The second-order valence-electron chi connectivity index (χ2n) is 2.54. The molecule has 0 radical (unpaired) electrons. The van der Waals surface area contributed by atoms with Gasteiger partial charge in [0, 0.05) is 5.56 Å². The Hall–Kier alpha value is -1.23. The summed E-state index contributed by atoms with van der Waals surface area (Å²) in [6.07, 6.45) is 0.633. The van der Waals surface area contributed by atoms with Crippen molar-refractivity contribution < 1.29 is 17.1 Å². The van der Waals surface area contributed by atoms with Crippen molar-refractivity contribution in [2.75, 3.05) is 0 Å². The van der Waals surface area contributed by atoms with E-state index in [0.717, 1.165) is 0 Å². The summed E-state index contributed by atoms with van der Waals surface area (Å²) in [6.45, 7) is 0. The van der Waals surface area contributed by atoms with Crippen molar-refractivity contribution in [2.45, 2.75) is 5.75 Å². The van der Waals surface area contributed by atoms with E-state index in [4.69, 9.17) is 0 Å². The molecule has 0 aliphatic rings. The van der Waals surface area contributed by atoms with Crippen molar-refractivity contribution >= 4 is 16.5 Å². The van der Waals surface area contributed by atoms with E-state index in [-0.39, 0.29) is 0 Å². The summed E-state index contributed by atoms with van der Waals surface area (Å²) < 4.78 is 32.6. The maximum absolute atomic E-state index is 12.2. The molecule has 13 heavy (non-hydrogen) atoms. The number of hydrogen-bond donors (Lipinski definition) is 0. The zero-order valence-corrected chi connectivity index (χ0v) is 7.42. The minimum Gasteiger partial charge on any atom is -0.298 e. The van der Waals surface area contributed by atoms with Gasteiger partial charge in [-0.2, -0.15) is 8.42 Å². The quantitative estimate of drug-likeness (QED) is 0.548. The molecule has 1 rings (SSSR count). The summed E-state index contributed by atoms with van der Waals surface area (Å²) in [6, 6.07) is 5.68. The van der Waals surface area contributed by atoms with E-state index in [1.54, 1.807) is 0 Å². The molecule has 0 saturated heterocycles. The van der Waals surface area contributed by atoms with Crippen LogP contribution in [0.2, 0.25) is 0 Å². The highest BCUT2D eigenvalue weighted by molar-refractivity contribution is 7.85. The second-order valence-corrected chi connectivity index (χ2v) is 3.91. The average molecular weight is 202 g/mol. The molecular formula is C8H7FO3S. The molecule has 0 atom stereocenters. The highest BCUT2D eigenvalue weighted by Gasteiger charge is 2.07. The maximum atomic E-state index is 12.2. The van der Waals surface area contributed by atoms with E-state index in [1.807, 2.05) is 0 Å². The van der Waals surface area contributed by atoms with Crippen molar-refractivity contribution in [3.8, 4) is 0 Å². The van der Waals surface area contributed by atoms with Gasteiger partial charge in [0.1, 0.15) is 12.0 Å². The van der Waals surface area contributed by atoms with E-state index in [0.29, 0.717) is 17.4 Å². The van der Waals surface area contributed by atoms with Crippen LogP contribution < -0.4 is 0 Å². The van der Waals surface area contributed by atoms with Gasteiger partial charge in [0.05, 0.1) is 0 Å². The number of halogens is 1. The van der Waals surface area contributed by atoms with Gasteiger partial charge in [-0.05, 0) is 5.56 Å². The van der Waals surface area contributed by atoms with Gasteiger partial charge in [-0.25, -0.2) is 0 Å². The molecule has 0 saturated carbocycles. The molecule has 0 heterocycles. The third-order valence-corrected chi connectivity index (χ3v) is 2.13. The molecule has 0 N–H and O–H groups in total. The molecule has 1 aromatic carbocycles. The van der Waals surface area contributed by atoms with E-state index in [9.17, 15) is 17.1 Å². The van der Waals surface area contributed by atoms with Crippen LogP contribution in [0.3, 0.4) is 0 Å². The summed E-state index contributed by atoms with van der Waals surface area (Å²) in [7, 11) is -4.49. The predicted octanol–water partition coefficient (Wildman–Crippen LogP) is 1.30. The van der Waals surface area contributed by atoms with Crippen LogP contribution in [0.15, 0.2) is 24.3 Å². The molecule has 0 unspecified atom stereocenters. The average Bonchev–Trinajstić information content (AvgIpc) is 2.03. The Bertz CT molecular complexity index is 394. The van der Waals surface area contributed by atoms with E-state index in [2.05, 4.69) is 0 Å². The monoisotopic (exact) mass is 202 g/mol. The minimum absolute atomic E-state index is 0.327. The van der Waals surface area contributed by atoms with Crippen LogP contribution in [0, 0.1) is 0 Å². The summed E-state index contributed by atoms with van der Waals surface area (Å²) in [5, 5.41) is 0. The first-order valence-corrected chi connectivity index (χ1v) is 5.03. The fourth-order valence-corrected chi connectivity index (χ4v) is 1.48. The normalized spacial score (nSPS) is 11.2. The second kappa shape index (κ2) is 3.66. The summed E-state index contributed by atoms with van der Waals surface area (Å²) >= 11 is 0. The predicted molar refractivity (Wildman–Crippen MR) is 45.6 cm³/mol. The van der Waals surface area contributed by atoms with Gasteiger partial charge in [-0.15, -0.1) is 3.89 Å². The molecule has 0 fully saturated rings. The molecule has 0 amide bonds. The van der Waals surface area contributed by atoms with Crippen molar-refractivity contribution in [2.24, 2.45) is 0 Å². The van der Waals surface area contributed by atoms with Gasteiger partial charge in [0.25, 0.3) is 0 Å². The molecule has 0 bridgehead atoms. The van der Waals surface area contributed by atoms with Gasteiger partial charge in [-0.1, -0.05) is 24.3 Å². The molecule has 70 valence electrons. The number of carbonyl (C=O) groups excluding carboxylic acids is 1.